The van der Waals surface area contributed by atoms with E-state index in [-0.39, 0.29) is 16.7 Å². The molecule has 30 heavy (non-hydrogen) atoms. The quantitative estimate of drug-likeness (QED) is 0.626. The van der Waals surface area contributed by atoms with Crippen LogP contribution in [0.5, 0.6) is 5.75 Å². The number of hydrogen-bond acceptors (Lipinski definition) is 4. The number of carbonyl (C=O) groups excluding carboxylic acids is 1. The maximum absolute atomic E-state index is 14.0. The second-order valence-electron chi connectivity index (χ2n) is 9.07. The van der Waals surface area contributed by atoms with Crippen molar-refractivity contribution in [2.75, 3.05) is 12.4 Å². The molecule has 2 bridgehead atoms. The molecule has 6 heteroatoms. The maximum Gasteiger partial charge on any atom is 0.237 e. The number of nitrogens with zero attached hydrogens (tertiary/aromatic N) is 2. The van der Waals surface area contributed by atoms with Crippen LogP contribution in [0.15, 0.2) is 42.5 Å². The van der Waals surface area contributed by atoms with Gasteiger partial charge in [0.25, 0.3) is 0 Å². The number of fused-ring (bicyclic) bond motifs is 6. The minimum absolute atomic E-state index is 0.0832. The molecule has 2 unspecified atom stereocenters. The molecule has 5 nitrogen and oxygen atoms in total. The number of nitrogens with one attached hydrogen (secondary N) is 1. The lowest BCUT2D eigenvalue weighted by molar-refractivity contribution is -0.125. The summed E-state index contributed by atoms with van der Waals surface area (Å²) in [7, 11) is 1.58. The van der Waals surface area contributed by atoms with Gasteiger partial charge in [0.1, 0.15) is 5.75 Å². The topological polar surface area (TPSA) is 64.1 Å². The van der Waals surface area contributed by atoms with Crippen LogP contribution in [0.25, 0.3) is 11.0 Å². The van der Waals surface area contributed by atoms with Gasteiger partial charge in [-0.1, -0.05) is 44.5 Å². The smallest absolute Gasteiger partial charge is 0.237 e. The molecule has 0 spiro atoms. The van der Waals surface area contributed by atoms with E-state index in [1.807, 2.05) is 24.3 Å². The van der Waals surface area contributed by atoms with Crippen molar-refractivity contribution >= 4 is 34.2 Å². The summed E-state index contributed by atoms with van der Waals surface area (Å²) in [6.45, 7) is 6.56. The number of rotatable bonds is 3. The molecule has 154 valence electrons. The summed E-state index contributed by atoms with van der Waals surface area (Å²) < 4.78 is 5.44. The van der Waals surface area contributed by atoms with E-state index in [0.29, 0.717) is 16.5 Å². The van der Waals surface area contributed by atoms with Gasteiger partial charge in [-0.25, -0.2) is 9.97 Å². The third-order valence-electron chi connectivity index (χ3n) is 7.74. The fourth-order valence-electron chi connectivity index (χ4n) is 5.56. The average Bonchev–Trinajstić information content (AvgIpc) is 3.02. The van der Waals surface area contributed by atoms with Gasteiger partial charge < -0.3 is 10.1 Å². The van der Waals surface area contributed by atoms with Crippen LogP contribution in [0.1, 0.15) is 45.0 Å². The molecule has 0 radical (unpaired) electrons. The van der Waals surface area contributed by atoms with E-state index in [4.69, 9.17) is 26.3 Å². The van der Waals surface area contributed by atoms with E-state index in [2.05, 4.69) is 26.1 Å². The molecule has 0 aliphatic heterocycles. The second-order valence-corrected chi connectivity index (χ2v) is 9.51. The number of benzene rings is 2. The molecule has 1 heterocycles. The van der Waals surface area contributed by atoms with Crippen molar-refractivity contribution in [1.82, 2.24) is 9.97 Å². The Morgan fingerprint density at radius 3 is 2.37 bits per heavy atom. The average molecular weight is 422 g/mol. The summed E-state index contributed by atoms with van der Waals surface area (Å²) in [5.74, 6) is 0.491. The lowest BCUT2D eigenvalue weighted by Crippen LogP contribution is -2.48. The van der Waals surface area contributed by atoms with Crippen molar-refractivity contribution < 1.29 is 9.53 Å². The van der Waals surface area contributed by atoms with E-state index < -0.39 is 5.41 Å². The highest BCUT2D eigenvalue weighted by molar-refractivity contribution is 6.31. The fourth-order valence-corrected chi connectivity index (χ4v) is 5.73. The molecule has 0 saturated heterocycles. The number of aromatic nitrogens is 2. The van der Waals surface area contributed by atoms with Crippen LogP contribution in [0.2, 0.25) is 5.02 Å². The first-order chi connectivity index (χ1) is 14.2. The monoisotopic (exact) mass is 421 g/mol. The van der Waals surface area contributed by atoms with Gasteiger partial charge in [0.2, 0.25) is 5.91 Å². The molecule has 2 aromatic carbocycles. The van der Waals surface area contributed by atoms with Crippen molar-refractivity contribution in [2.45, 2.75) is 44.4 Å². The number of para-hydroxylation sites is 2. The second kappa shape index (κ2) is 6.17. The molecule has 3 aromatic rings. The van der Waals surface area contributed by atoms with Crippen molar-refractivity contribution in [2.24, 2.45) is 5.41 Å². The molecule has 5 rings (SSSR count). The van der Waals surface area contributed by atoms with E-state index in [0.717, 1.165) is 35.3 Å². The highest BCUT2D eigenvalue weighted by Crippen LogP contribution is 2.70. The molecule has 1 amide bonds. The Balaban J connectivity index is 1.69. The summed E-state index contributed by atoms with van der Waals surface area (Å²) >= 11 is 6.19. The van der Waals surface area contributed by atoms with Crippen LogP contribution >= 0.6 is 11.6 Å². The first kappa shape index (κ1) is 19.3. The number of halogens is 1. The minimum Gasteiger partial charge on any atom is -0.495 e. The molecule has 1 aromatic heterocycles. The minimum atomic E-state index is -0.776. The van der Waals surface area contributed by atoms with Crippen LogP contribution in [-0.4, -0.2) is 23.0 Å². The Morgan fingerprint density at radius 1 is 1.03 bits per heavy atom. The van der Waals surface area contributed by atoms with Crippen molar-refractivity contribution in [1.29, 1.82) is 0 Å². The van der Waals surface area contributed by atoms with Gasteiger partial charge in [-0.15, -0.1) is 0 Å². The molecule has 2 atom stereocenters. The fraction of sp³-hybridized carbons (Fsp3) is 0.375. The normalized spacial score (nSPS) is 25.9. The van der Waals surface area contributed by atoms with Gasteiger partial charge in [0, 0.05) is 10.4 Å². The first-order valence-corrected chi connectivity index (χ1v) is 10.6. The van der Waals surface area contributed by atoms with Crippen molar-refractivity contribution in [3.8, 4) is 5.75 Å². The molecule has 1 saturated carbocycles. The van der Waals surface area contributed by atoms with Crippen molar-refractivity contribution in [3.63, 3.8) is 0 Å². The predicted octanol–water partition coefficient (Wildman–Crippen LogP) is 5.26. The van der Waals surface area contributed by atoms with Gasteiger partial charge in [0.05, 0.1) is 40.6 Å². The highest BCUT2D eigenvalue weighted by atomic mass is 35.5. The van der Waals surface area contributed by atoms with E-state index in [1.165, 1.54) is 0 Å². The van der Waals surface area contributed by atoms with E-state index in [1.54, 1.807) is 25.3 Å². The van der Waals surface area contributed by atoms with Gasteiger partial charge in [-0.3, -0.25) is 4.79 Å². The van der Waals surface area contributed by atoms with Crippen LogP contribution in [0.4, 0.5) is 5.69 Å². The zero-order valence-electron chi connectivity index (χ0n) is 17.5. The largest absolute Gasteiger partial charge is 0.495 e. The molecule has 2 aliphatic carbocycles. The Labute approximate surface area is 180 Å². The van der Waals surface area contributed by atoms with Gasteiger partial charge in [-0.05, 0) is 48.6 Å². The Morgan fingerprint density at radius 2 is 1.70 bits per heavy atom. The number of anilines is 1. The number of carbonyl (C=O) groups is 1. The number of hydrogen-bond donors (Lipinski definition) is 1. The maximum atomic E-state index is 14.0. The van der Waals surface area contributed by atoms with Crippen molar-refractivity contribution in [3.05, 3.63) is 58.9 Å². The van der Waals surface area contributed by atoms with E-state index >= 15 is 0 Å². The Bertz CT molecular complexity index is 1210. The molecule has 1 fully saturated rings. The summed E-state index contributed by atoms with van der Waals surface area (Å²) in [6, 6.07) is 13.1. The first-order valence-electron chi connectivity index (χ1n) is 10.2. The number of ether oxygens (including phenoxy) is 1. The van der Waals surface area contributed by atoms with Gasteiger partial charge in [0.15, 0.2) is 0 Å². The van der Waals surface area contributed by atoms with Crippen LogP contribution < -0.4 is 10.1 Å². The lowest BCUT2D eigenvalue weighted by Gasteiger charge is -2.39. The van der Waals surface area contributed by atoms with Gasteiger partial charge >= 0.3 is 0 Å². The van der Waals surface area contributed by atoms with E-state index in [9.17, 15) is 4.79 Å². The molecular formula is C24H24ClN3O2. The molecule has 2 aliphatic rings. The third-order valence-corrected chi connectivity index (χ3v) is 7.98. The summed E-state index contributed by atoms with van der Waals surface area (Å²) in [5.41, 5.74) is 2.65. The van der Waals surface area contributed by atoms with Crippen LogP contribution in [0.3, 0.4) is 0 Å². The SMILES string of the molecule is COc1ccc(Cl)cc1NC(=O)C12CCC(C)(c3nc4ccccc4nc31)C2(C)C. The van der Waals surface area contributed by atoms with Crippen LogP contribution in [0, 0.1) is 5.41 Å². The Kier molecular flexibility index (Phi) is 3.97. The standard InChI is InChI=1S/C24H24ClN3O2/c1-22(2)23(3)11-12-24(22,20-19(23)26-15-7-5-6-8-16(15)27-20)21(29)28-17-13-14(25)9-10-18(17)30-4/h5-10,13H,11-12H2,1-4H3,(H,28,29). The third kappa shape index (κ3) is 2.21. The predicted molar refractivity (Wildman–Crippen MR) is 118 cm³/mol. The summed E-state index contributed by atoms with van der Waals surface area (Å²) in [5, 5.41) is 3.65. The molecule has 1 N–H and O–H groups in total. The number of amides is 1. The highest BCUT2D eigenvalue weighted by Gasteiger charge is 2.73. The lowest BCUT2D eigenvalue weighted by atomic mass is 9.63. The zero-order valence-corrected chi connectivity index (χ0v) is 18.3. The van der Waals surface area contributed by atoms with Gasteiger partial charge in [-0.2, -0.15) is 0 Å². The summed E-state index contributed by atoms with van der Waals surface area (Å²) in [6.07, 6.45) is 1.62. The summed E-state index contributed by atoms with van der Waals surface area (Å²) in [4.78, 5) is 23.9. The Hall–Kier alpha value is -2.66. The zero-order chi connectivity index (χ0) is 21.3. The molecular weight excluding hydrogens is 398 g/mol. The number of methoxy groups -OCH3 is 1. The van der Waals surface area contributed by atoms with Crippen LogP contribution in [-0.2, 0) is 15.6 Å².